The van der Waals surface area contributed by atoms with Gasteiger partial charge in [0.05, 0.1) is 6.26 Å². The quantitative estimate of drug-likeness (QED) is 0.775. The first kappa shape index (κ1) is 11.7. The van der Waals surface area contributed by atoms with Gasteiger partial charge in [-0.15, -0.1) is 0 Å². The smallest absolute Gasteiger partial charge is 0.238 e. The third-order valence-corrected chi connectivity index (χ3v) is 2.83. The van der Waals surface area contributed by atoms with Crippen LogP contribution in [0.3, 0.4) is 0 Å². The predicted molar refractivity (Wildman–Crippen MR) is 69.1 cm³/mol. The number of nitrogens with two attached hydrogens (primary N) is 1. The lowest BCUT2D eigenvalue weighted by atomic mass is 10.1. The second-order valence-electron chi connectivity index (χ2n) is 4.21. The Morgan fingerprint density at radius 1 is 1.11 bits per heavy atom. The second kappa shape index (κ2) is 5.07. The number of aromatic nitrogens is 2. The largest absolute Gasteiger partial charge is 0.461 e. The Balaban J connectivity index is 1.74. The maximum Gasteiger partial charge on any atom is 0.238 e. The Labute approximate surface area is 110 Å². The van der Waals surface area contributed by atoms with Crippen LogP contribution in [0.25, 0.3) is 11.6 Å². The standard InChI is InChI=1S/C14H13N3O2/c15-11(10-5-2-1-3-6-10)9-13-16-14(17-19-13)12-7-4-8-18-12/h1-8,11H,9,15H2. The molecule has 0 saturated carbocycles. The van der Waals surface area contributed by atoms with Crippen LogP contribution in [0.5, 0.6) is 0 Å². The Kier molecular flexibility index (Phi) is 3.12. The fraction of sp³-hybridized carbons (Fsp3) is 0.143. The van der Waals surface area contributed by atoms with Crippen molar-refractivity contribution in [3.05, 3.63) is 60.2 Å². The van der Waals surface area contributed by atoms with Gasteiger partial charge in [-0.05, 0) is 17.7 Å². The second-order valence-corrected chi connectivity index (χ2v) is 4.21. The molecule has 2 N–H and O–H groups in total. The number of benzene rings is 1. The van der Waals surface area contributed by atoms with Crippen LogP contribution in [0.2, 0.25) is 0 Å². The molecule has 5 heteroatoms. The van der Waals surface area contributed by atoms with Crippen molar-refractivity contribution in [1.82, 2.24) is 10.1 Å². The lowest BCUT2D eigenvalue weighted by molar-refractivity contribution is 0.369. The topological polar surface area (TPSA) is 78.1 Å². The third kappa shape index (κ3) is 2.56. The SMILES string of the molecule is NC(Cc1nc(-c2ccco2)no1)c1ccccc1. The summed E-state index contributed by atoms with van der Waals surface area (Å²) in [5, 5.41) is 3.87. The zero-order chi connectivity index (χ0) is 13.1. The molecule has 2 heterocycles. The minimum absolute atomic E-state index is 0.161. The summed E-state index contributed by atoms with van der Waals surface area (Å²) in [5.74, 6) is 1.53. The first-order valence-corrected chi connectivity index (χ1v) is 6.00. The number of furan rings is 1. The van der Waals surface area contributed by atoms with Gasteiger partial charge < -0.3 is 14.7 Å². The van der Waals surface area contributed by atoms with E-state index in [-0.39, 0.29) is 6.04 Å². The highest BCUT2D eigenvalue weighted by molar-refractivity contribution is 5.44. The van der Waals surface area contributed by atoms with E-state index in [1.807, 2.05) is 30.3 Å². The van der Waals surface area contributed by atoms with Crippen molar-refractivity contribution in [3.8, 4) is 11.6 Å². The van der Waals surface area contributed by atoms with E-state index >= 15 is 0 Å². The van der Waals surface area contributed by atoms with Gasteiger partial charge in [-0.3, -0.25) is 0 Å². The van der Waals surface area contributed by atoms with E-state index in [0.717, 1.165) is 5.56 Å². The molecule has 0 radical (unpaired) electrons. The molecule has 2 aromatic heterocycles. The molecule has 1 aromatic carbocycles. The monoisotopic (exact) mass is 255 g/mol. The lowest BCUT2D eigenvalue weighted by Crippen LogP contribution is -2.13. The third-order valence-electron chi connectivity index (χ3n) is 2.83. The molecule has 3 rings (SSSR count). The maximum absolute atomic E-state index is 6.10. The maximum atomic E-state index is 6.10. The summed E-state index contributed by atoms with van der Waals surface area (Å²) in [4.78, 5) is 4.27. The predicted octanol–water partition coefficient (Wildman–Crippen LogP) is 2.57. The lowest BCUT2D eigenvalue weighted by Gasteiger charge is -2.08. The van der Waals surface area contributed by atoms with Crippen molar-refractivity contribution in [3.63, 3.8) is 0 Å². The van der Waals surface area contributed by atoms with Crippen LogP contribution in [-0.2, 0) is 6.42 Å². The first-order chi connectivity index (χ1) is 9.33. The number of rotatable bonds is 4. The van der Waals surface area contributed by atoms with E-state index in [1.165, 1.54) is 0 Å². The normalized spacial score (nSPS) is 12.5. The van der Waals surface area contributed by atoms with Crippen LogP contribution in [0, 0.1) is 0 Å². The minimum atomic E-state index is -0.161. The van der Waals surface area contributed by atoms with E-state index in [0.29, 0.717) is 23.9 Å². The van der Waals surface area contributed by atoms with Crippen LogP contribution in [0.15, 0.2) is 57.7 Å². The fourth-order valence-electron chi connectivity index (χ4n) is 1.85. The highest BCUT2D eigenvalue weighted by Crippen LogP contribution is 2.19. The van der Waals surface area contributed by atoms with Crippen molar-refractivity contribution in [1.29, 1.82) is 0 Å². The summed E-state index contributed by atoms with van der Waals surface area (Å²) in [6, 6.07) is 13.2. The molecular weight excluding hydrogens is 242 g/mol. The molecule has 96 valence electrons. The summed E-state index contributed by atoms with van der Waals surface area (Å²) < 4.78 is 10.4. The molecular formula is C14H13N3O2. The molecule has 0 aliphatic heterocycles. The Hall–Kier alpha value is -2.40. The number of hydrogen-bond acceptors (Lipinski definition) is 5. The molecule has 19 heavy (non-hydrogen) atoms. The van der Waals surface area contributed by atoms with E-state index in [1.54, 1.807) is 18.4 Å². The Morgan fingerprint density at radius 3 is 2.68 bits per heavy atom. The molecule has 0 bridgehead atoms. The van der Waals surface area contributed by atoms with Gasteiger partial charge in [0, 0.05) is 12.5 Å². The summed E-state index contributed by atoms with van der Waals surface area (Å²) in [7, 11) is 0. The van der Waals surface area contributed by atoms with Gasteiger partial charge in [-0.25, -0.2) is 0 Å². The molecule has 3 aromatic rings. The van der Waals surface area contributed by atoms with Gasteiger partial charge in [0.1, 0.15) is 0 Å². The van der Waals surface area contributed by atoms with Crippen LogP contribution in [0.1, 0.15) is 17.5 Å². The fourth-order valence-corrected chi connectivity index (χ4v) is 1.85. The van der Waals surface area contributed by atoms with Gasteiger partial charge in [0.25, 0.3) is 0 Å². The molecule has 0 aliphatic carbocycles. The average Bonchev–Trinajstić information content (AvgIpc) is 3.10. The Morgan fingerprint density at radius 2 is 1.95 bits per heavy atom. The summed E-state index contributed by atoms with van der Waals surface area (Å²) in [6.45, 7) is 0. The highest BCUT2D eigenvalue weighted by Gasteiger charge is 2.14. The molecule has 1 atom stereocenters. The minimum Gasteiger partial charge on any atom is -0.461 e. The van der Waals surface area contributed by atoms with Gasteiger partial charge in [-0.1, -0.05) is 35.5 Å². The van der Waals surface area contributed by atoms with Gasteiger partial charge in [-0.2, -0.15) is 4.98 Å². The average molecular weight is 255 g/mol. The highest BCUT2D eigenvalue weighted by atomic mass is 16.5. The number of hydrogen-bond donors (Lipinski definition) is 1. The summed E-state index contributed by atoms with van der Waals surface area (Å²) in [6.07, 6.45) is 2.07. The van der Waals surface area contributed by atoms with Crippen molar-refractivity contribution < 1.29 is 8.94 Å². The molecule has 0 amide bonds. The van der Waals surface area contributed by atoms with Gasteiger partial charge in [0.15, 0.2) is 5.76 Å². The van der Waals surface area contributed by atoms with Crippen molar-refractivity contribution in [2.45, 2.75) is 12.5 Å². The first-order valence-electron chi connectivity index (χ1n) is 6.00. The zero-order valence-corrected chi connectivity index (χ0v) is 10.2. The Bertz CT molecular complexity index is 632. The molecule has 1 unspecified atom stereocenters. The molecule has 5 nitrogen and oxygen atoms in total. The molecule has 0 aliphatic rings. The summed E-state index contributed by atoms with van der Waals surface area (Å²) >= 11 is 0. The van der Waals surface area contributed by atoms with E-state index < -0.39 is 0 Å². The summed E-state index contributed by atoms with van der Waals surface area (Å²) in [5.41, 5.74) is 7.15. The van der Waals surface area contributed by atoms with Gasteiger partial charge >= 0.3 is 0 Å². The van der Waals surface area contributed by atoms with E-state index in [2.05, 4.69) is 10.1 Å². The van der Waals surface area contributed by atoms with Crippen molar-refractivity contribution in [2.24, 2.45) is 5.73 Å². The zero-order valence-electron chi connectivity index (χ0n) is 10.2. The molecule has 0 spiro atoms. The molecule has 0 fully saturated rings. The van der Waals surface area contributed by atoms with Crippen molar-refractivity contribution in [2.75, 3.05) is 0 Å². The van der Waals surface area contributed by atoms with Crippen LogP contribution >= 0.6 is 0 Å². The molecule has 0 saturated heterocycles. The number of nitrogens with zero attached hydrogens (tertiary/aromatic N) is 2. The van der Waals surface area contributed by atoms with Crippen LogP contribution in [0.4, 0.5) is 0 Å². The van der Waals surface area contributed by atoms with Crippen LogP contribution in [-0.4, -0.2) is 10.1 Å². The van der Waals surface area contributed by atoms with Gasteiger partial charge in [0.2, 0.25) is 11.7 Å². The van der Waals surface area contributed by atoms with E-state index in [4.69, 9.17) is 14.7 Å². The van der Waals surface area contributed by atoms with Crippen molar-refractivity contribution >= 4 is 0 Å². The van der Waals surface area contributed by atoms with E-state index in [9.17, 15) is 0 Å². The van der Waals surface area contributed by atoms with Crippen LogP contribution < -0.4 is 5.73 Å².